The number of hydrogen-bond acceptors (Lipinski definition) is 3. The first-order valence-corrected chi connectivity index (χ1v) is 7.13. The summed E-state index contributed by atoms with van der Waals surface area (Å²) in [5, 5.41) is 14.5. The molecule has 1 atom stereocenters. The summed E-state index contributed by atoms with van der Waals surface area (Å²) in [6.07, 6.45) is 5.83. The van der Waals surface area contributed by atoms with Crippen LogP contribution in [0.4, 0.5) is 11.4 Å². The normalized spacial score (nSPS) is 12.2. The molecule has 0 aliphatic heterocycles. The number of benzene rings is 1. The van der Waals surface area contributed by atoms with Crippen LogP contribution in [0.5, 0.6) is 0 Å². The molecule has 19 heavy (non-hydrogen) atoms. The van der Waals surface area contributed by atoms with Gasteiger partial charge in [0.2, 0.25) is 0 Å². The largest absolute Gasteiger partial charge is 0.377 e. The number of hydrogen-bond donors (Lipinski definition) is 1. The number of nitrogens with one attached hydrogen (secondary N) is 1. The summed E-state index contributed by atoms with van der Waals surface area (Å²) in [5.74, 6) is 0. The lowest BCUT2D eigenvalue weighted by Gasteiger charge is -2.15. The van der Waals surface area contributed by atoms with E-state index in [4.69, 9.17) is 11.6 Å². The zero-order valence-corrected chi connectivity index (χ0v) is 12.2. The molecule has 0 spiro atoms. The molecule has 5 heteroatoms. The van der Waals surface area contributed by atoms with Crippen molar-refractivity contribution in [1.29, 1.82) is 0 Å². The molecule has 0 bridgehead atoms. The predicted molar refractivity (Wildman–Crippen MR) is 80.0 cm³/mol. The van der Waals surface area contributed by atoms with Gasteiger partial charge in [-0.3, -0.25) is 10.1 Å². The number of rotatable bonds is 8. The topological polar surface area (TPSA) is 55.2 Å². The van der Waals surface area contributed by atoms with Crippen LogP contribution in [-0.2, 0) is 0 Å². The van der Waals surface area contributed by atoms with E-state index in [0.29, 0.717) is 10.7 Å². The van der Waals surface area contributed by atoms with Crippen LogP contribution in [0.25, 0.3) is 0 Å². The third-order valence-electron chi connectivity index (χ3n) is 3.05. The third kappa shape index (κ3) is 5.47. The molecule has 106 valence electrons. The molecule has 0 aliphatic carbocycles. The monoisotopic (exact) mass is 284 g/mol. The Bertz CT molecular complexity index is 424. The lowest BCUT2D eigenvalue weighted by molar-refractivity contribution is -0.384. The van der Waals surface area contributed by atoms with E-state index < -0.39 is 4.92 Å². The zero-order chi connectivity index (χ0) is 14.3. The summed E-state index contributed by atoms with van der Waals surface area (Å²) in [4.78, 5) is 10.6. The fraction of sp³-hybridized carbons (Fsp3) is 0.571. The molecule has 1 unspecified atom stereocenters. The Morgan fingerprint density at radius 1 is 1.37 bits per heavy atom. The molecular weight excluding hydrogens is 264 g/mol. The minimum atomic E-state index is -0.405. The van der Waals surface area contributed by atoms with Gasteiger partial charge in [0.1, 0.15) is 5.69 Å². The van der Waals surface area contributed by atoms with Crippen molar-refractivity contribution in [2.75, 3.05) is 5.32 Å². The van der Waals surface area contributed by atoms with Crippen LogP contribution in [0.3, 0.4) is 0 Å². The number of nitro groups is 1. The van der Waals surface area contributed by atoms with Gasteiger partial charge in [0.15, 0.2) is 0 Å². The highest BCUT2D eigenvalue weighted by Gasteiger charge is 2.15. The first-order chi connectivity index (χ1) is 9.04. The highest BCUT2D eigenvalue weighted by atomic mass is 35.5. The number of nitrogens with zero attached hydrogens (tertiary/aromatic N) is 1. The van der Waals surface area contributed by atoms with Gasteiger partial charge in [-0.2, -0.15) is 0 Å². The summed E-state index contributed by atoms with van der Waals surface area (Å²) >= 11 is 5.78. The van der Waals surface area contributed by atoms with Gasteiger partial charge in [0.25, 0.3) is 5.69 Å². The van der Waals surface area contributed by atoms with Crippen molar-refractivity contribution >= 4 is 23.0 Å². The van der Waals surface area contributed by atoms with Crippen molar-refractivity contribution in [2.45, 2.75) is 52.0 Å². The lowest BCUT2D eigenvalue weighted by Crippen LogP contribution is -2.15. The van der Waals surface area contributed by atoms with Crippen molar-refractivity contribution in [3.8, 4) is 0 Å². The van der Waals surface area contributed by atoms with Crippen molar-refractivity contribution in [3.63, 3.8) is 0 Å². The van der Waals surface area contributed by atoms with Crippen molar-refractivity contribution in [1.82, 2.24) is 0 Å². The Morgan fingerprint density at radius 2 is 2.11 bits per heavy atom. The molecule has 0 saturated carbocycles. The zero-order valence-electron chi connectivity index (χ0n) is 11.5. The van der Waals surface area contributed by atoms with E-state index in [0.717, 1.165) is 12.8 Å². The highest BCUT2D eigenvalue weighted by molar-refractivity contribution is 6.30. The van der Waals surface area contributed by atoms with Crippen LogP contribution in [0.1, 0.15) is 46.0 Å². The molecule has 0 amide bonds. The quantitative estimate of drug-likeness (QED) is 0.414. The predicted octanol–water partition coefficient (Wildman–Crippen LogP) is 5.02. The maximum atomic E-state index is 11.0. The molecule has 0 fully saturated rings. The maximum Gasteiger partial charge on any atom is 0.293 e. The Labute approximate surface area is 119 Å². The second kappa shape index (κ2) is 8.00. The van der Waals surface area contributed by atoms with E-state index >= 15 is 0 Å². The lowest BCUT2D eigenvalue weighted by atomic mass is 10.1. The number of nitro benzene ring substituents is 1. The van der Waals surface area contributed by atoms with E-state index in [1.807, 2.05) is 6.92 Å². The van der Waals surface area contributed by atoms with Gasteiger partial charge in [-0.25, -0.2) is 0 Å². The summed E-state index contributed by atoms with van der Waals surface area (Å²) in [7, 11) is 0. The fourth-order valence-corrected chi connectivity index (χ4v) is 2.16. The second-order valence-electron chi connectivity index (χ2n) is 4.81. The minimum absolute atomic E-state index is 0.0351. The SMILES string of the molecule is CCCCCCC(C)Nc1ccc(Cl)cc1[N+](=O)[O-]. The average molecular weight is 285 g/mol. The Morgan fingerprint density at radius 3 is 2.74 bits per heavy atom. The number of unbranched alkanes of at least 4 members (excludes halogenated alkanes) is 3. The molecule has 1 aromatic rings. The molecule has 0 aromatic heterocycles. The van der Waals surface area contributed by atoms with Gasteiger partial charge >= 0.3 is 0 Å². The molecule has 1 rings (SSSR count). The fourth-order valence-electron chi connectivity index (χ4n) is 1.99. The third-order valence-corrected chi connectivity index (χ3v) is 3.28. The van der Waals surface area contributed by atoms with Gasteiger partial charge in [-0.15, -0.1) is 0 Å². The van der Waals surface area contributed by atoms with Crippen LogP contribution < -0.4 is 5.32 Å². The van der Waals surface area contributed by atoms with Crippen molar-refractivity contribution in [2.24, 2.45) is 0 Å². The van der Waals surface area contributed by atoms with Gasteiger partial charge in [-0.05, 0) is 25.5 Å². The van der Waals surface area contributed by atoms with E-state index in [1.54, 1.807) is 12.1 Å². The summed E-state index contributed by atoms with van der Waals surface area (Å²) in [5.41, 5.74) is 0.574. The van der Waals surface area contributed by atoms with Crippen molar-refractivity contribution < 1.29 is 4.92 Å². The first kappa shape index (κ1) is 15.8. The van der Waals surface area contributed by atoms with Gasteiger partial charge in [0.05, 0.1) is 4.92 Å². The highest BCUT2D eigenvalue weighted by Crippen LogP contribution is 2.28. The van der Waals surface area contributed by atoms with E-state index in [-0.39, 0.29) is 11.7 Å². The summed E-state index contributed by atoms with van der Waals surface area (Å²) < 4.78 is 0. The minimum Gasteiger partial charge on any atom is -0.377 e. The molecule has 1 N–H and O–H groups in total. The number of anilines is 1. The van der Waals surface area contributed by atoms with E-state index in [9.17, 15) is 10.1 Å². The molecule has 4 nitrogen and oxygen atoms in total. The Kier molecular flexibility index (Phi) is 6.64. The molecule has 0 saturated heterocycles. The molecule has 0 aliphatic rings. The Balaban J connectivity index is 2.58. The maximum absolute atomic E-state index is 11.0. The van der Waals surface area contributed by atoms with Crippen LogP contribution in [0, 0.1) is 10.1 Å². The van der Waals surface area contributed by atoms with E-state index in [2.05, 4.69) is 12.2 Å². The molecule has 0 heterocycles. The van der Waals surface area contributed by atoms with Crippen LogP contribution in [0.2, 0.25) is 5.02 Å². The van der Waals surface area contributed by atoms with Crippen LogP contribution >= 0.6 is 11.6 Å². The smallest absolute Gasteiger partial charge is 0.293 e. The van der Waals surface area contributed by atoms with E-state index in [1.165, 1.54) is 25.3 Å². The summed E-state index contributed by atoms with van der Waals surface area (Å²) in [6.45, 7) is 4.23. The molecule has 1 aromatic carbocycles. The standard InChI is InChI=1S/C14H21ClN2O2/c1-3-4-5-6-7-11(2)16-13-9-8-12(15)10-14(13)17(18)19/h8-11,16H,3-7H2,1-2H3. The van der Waals surface area contributed by atoms with Gasteiger partial charge in [0, 0.05) is 17.1 Å². The average Bonchev–Trinajstić information content (AvgIpc) is 2.36. The second-order valence-corrected chi connectivity index (χ2v) is 5.25. The van der Waals surface area contributed by atoms with Crippen LogP contribution in [0.15, 0.2) is 18.2 Å². The molecular formula is C14H21ClN2O2. The Hall–Kier alpha value is -1.29. The van der Waals surface area contributed by atoms with Crippen molar-refractivity contribution in [3.05, 3.63) is 33.3 Å². The van der Waals surface area contributed by atoms with Crippen LogP contribution in [-0.4, -0.2) is 11.0 Å². The van der Waals surface area contributed by atoms with Gasteiger partial charge < -0.3 is 5.32 Å². The summed E-state index contributed by atoms with van der Waals surface area (Å²) in [6, 6.07) is 4.94. The van der Waals surface area contributed by atoms with Gasteiger partial charge in [-0.1, -0.05) is 44.2 Å². The number of halogens is 1. The first-order valence-electron chi connectivity index (χ1n) is 6.75. The molecule has 0 radical (unpaired) electrons.